The number of carbonyl (C=O) groups excluding carboxylic acids is 1. The number of nitrogens with zero attached hydrogens (tertiary/aromatic N) is 1. The summed E-state index contributed by atoms with van der Waals surface area (Å²) in [6.45, 7) is 5.70. The van der Waals surface area contributed by atoms with Crippen LogP contribution >= 0.6 is 0 Å². The van der Waals surface area contributed by atoms with E-state index in [0.29, 0.717) is 24.7 Å². The Morgan fingerprint density at radius 1 is 1.40 bits per heavy atom. The van der Waals surface area contributed by atoms with E-state index in [1.165, 1.54) is 0 Å². The Labute approximate surface area is 120 Å². The largest absolute Gasteiger partial charge is 0.480 e. The minimum Gasteiger partial charge on any atom is -0.480 e. The number of carbonyl (C=O) groups is 2. The van der Waals surface area contributed by atoms with Crippen LogP contribution < -0.4 is 5.32 Å². The van der Waals surface area contributed by atoms with E-state index in [0.717, 1.165) is 38.8 Å². The van der Waals surface area contributed by atoms with Gasteiger partial charge in [0.15, 0.2) is 0 Å². The van der Waals surface area contributed by atoms with Gasteiger partial charge in [-0.25, -0.2) is 9.59 Å². The van der Waals surface area contributed by atoms with Gasteiger partial charge in [0.05, 0.1) is 0 Å². The zero-order valence-corrected chi connectivity index (χ0v) is 12.5. The smallest absolute Gasteiger partial charge is 0.329 e. The first-order valence-electron chi connectivity index (χ1n) is 7.77. The van der Waals surface area contributed by atoms with E-state index >= 15 is 0 Å². The van der Waals surface area contributed by atoms with Gasteiger partial charge >= 0.3 is 12.0 Å². The van der Waals surface area contributed by atoms with Gasteiger partial charge < -0.3 is 15.3 Å². The van der Waals surface area contributed by atoms with Gasteiger partial charge in [-0.3, -0.25) is 0 Å². The van der Waals surface area contributed by atoms with Crippen molar-refractivity contribution in [2.75, 3.05) is 13.1 Å². The monoisotopic (exact) mass is 282 g/mol. The van der Waals surface area contributed by atoms with Crippen LogP contribution in [0, 0.1) is 11.8 Å². The quantitative estimate of drug-likeness (QED) is 0.835. The van der Waals surface area contributed by atoms with Crippen LogP contribution in [-0.4, -0.2) is 40.6 Å². The van der Waals surface area contributed by atoms with Gasteiger partial charge in [0, 0.05) is 13.1 Å². The summed E-state index contributed by atoms with van der Waals surface area (Å²) in [6.07, 6.45) is 5.10. The molecule has 1 aliphatic heterocycles. The van der Waals surface area contributed by atoms with Crippen LogP contribution in [0.3, 0.4) is 0 Å². The SMILES string of the molecule is CCC1CCN(C(=O)NC2(C(=O)O)CCCC(C)C2)C1. The molecular formula is C15H26N2O3. The van der Waals surface area contributed by atoms with Crippen molar-refractivity contribution in [3.8, 4) is 0 Å². The normalized spacial score (nSPS) is 34.0. The Balaban J connectivity index is 2.01. The summed E-state index contributed by atoms with van der Waals surface area (Å²) >= 11 is 0. The Hall–Kier alpha value is -1.26. The lowest BCUT2D eigenvalue weighted by molar-refractivity contribution is -0.146. The molecule has 114 valence electrons. The second-order valence-corrected chi connectivity index (χ2v) is 6.53. The number of hydrogen-bond donors (Lipinski definition) is 2. The van der Waals surface area contributed by atoms with Crippen LogP contribution in [0.4, 0.5) is 4.79 Å². The van der Waals surface area contributed by atoms with Crippen molar-refractivity contribution in [1.29, 1.82) is 0 Å². The summed E-state index contributed by atoms with van der Waals surface area (Å²) in [5.41, 5.74) is -1.06. The van der Waals surface area contributed by atoms with Gasteiger partial charge in [-0.1, -0.05) is 33.1 Å². The van der Waals surface area contributed by atoms with Crippen LogP contribution in [-0.2, 0) is 4.79 Å². The van der Waals surface area contributed by atoms with Crippen molar-refractivity contribution in [3.05, 3.63) is 0 Å². The van der Waals surface area contributed by atoms with Crippen molar-refractivity contribution in [2.45, 2.75) is 57.9 Å². The zero-order chi connectivity index (χ0) is 14.8. The van der Waals surface area contributed by atoms with Crippen molar-refractivity contribution in [2.24, 2.45) is 11.8 Å². The Morgan fingerprint density at radius 2 is 2.15 bits per heavy atom. The lowest BCUT2D eigenvalue weighted by Crippen LogP contribution is -2.59. The molecule has 3 atom stereocenters. The number of urea groups is 1. The van der Waals surface area contributed by atoms with E-state index in [4.69, 9.17) is 0 Å². The van der Waals surface area contributed by atoms with Gasteiger partial charge in [-0.15, -0.1) is 0 Å². The molecule has 3 unspecified atom stereocenters. The van der Waals surface area contributed by atoms with Gasteiger partial charge in [-0.05, 0) is 31.1 Å². The molecule has 1 aliphatic carbocycles. The Morgan fingerprint density at radius 3 is 2.70 bits per heavy atom. The molecule has 1 saturated carbocycles. The third-order valence-corrected chi connectivity index (χ3v) is 4.90. The highest BCUT2D eigenvalue weighted by Crippen LogP contribution is 2.33. The first-order chi connectivity index (χ1) is 9.47. The van der Waals surface area contributed by atoms with Crippen LogP contribution in [0.5, 0.6) is 0 Å². The van der Waals surface area contributed by atoms with Crippen molar-refractivity contribution < 1.29 is 14.7 Å². The second-order valence-electron chi connectivity index (χ2n) is 6.53. The lowest BCUT2D eigenvalue weighted by Gasteiger charge is -2.38. The second kappa shape index (κ2) is 6.02. The van der Waals surface area contributed by atoms with Gasteiger partial charge in [0.25, 0.3) is 0 Å². The Kier molecular flexibility index (Phi) is 4.55. The molecule has 2 fully saturated rings. The van der Waals surface area contributed by atoms with Crippen molar-refractivity contribution >= 4 is 12.0 Å². The van der Waals surface area contributed by atoms with Crippen LogP contribution in [0.1, 0.15) is 52.4 Å². The number of hydrogen-bond acceptors (Lipinski definition) is 2. The minimum atomic E-state index is -1.06. The maximum Gasteiger partial charge on any atom is 0.329 e. The van der Waals surface area contributed by atoms with E-state index in [-0.39, 0.29) is 6.03 Å². The highest BCUT2D eigenvalue weighted by molar-refractivity contribution is 5.86. The standard InChI is InChI=1S/C15H26N2O3/c1-3-12-6-8-17(10-12)14(20)16-15(13(18)19)7-4-5-11(2)9-15/h11-12H,3-10H2,1-2H3,(H,16,20)(H,18,19). The predicted molar refractivity (Wildman–Crippen MR) is 76.5 cm³/mol. The molecule has 1 saturated heterocycles. The number of aliphatic carboxylic acids is 1. The molecule has 2 amide bonds. The maximum absolute atomic E-state index is 12.3. The molecular weight excluding hydrogens is 256 g/mol. The molecule has 0 radical (unpaired) electrons. The molecule has 2 N–H and O–H groups in total. The fourth-order valence-corrected chi connectivity index (χ4v) is 3.55. The van der Waals surface area contributed by atoms with E-state index in [1.807, 2.05) is 0 Å². The molecule has 20 heavy (non-hydrogen) atoms. The molecule has 2 aliphatic rings. The maximum atomic E-state index is 12.3. The summed E-state index contributed by atoms with van der Waals surface area (Å²) in [6, 6.07) is -0.197. The average Bonchev–Trinajstić information content (AvgIpc) is 2.87. The number of carboxylic acids is 1. The number of nitrogens with one attached hydrogen (secondary N) is 1. The summed E-state index contributed by atoms with van der Waals surface area (Å²) in [5.74, 6) is 0.0255. The average molecular weight is 282 g/mol. The topological polar surface area (TPSA) is 69.6 Å². The van der Waals surface area contributed by atoms with Gasteiger partial charge in [0.2, 0.25) is 0 Å². The molecule has 0 spiro atoms. The third kappa shape index (κ3) is 3.07. The summed E-state index contributed by atoms with van der Waals surface area (Å²) in [7, 11) is 0. The number of carboxylic acid groups (broad SMARTS) is 1. The van der Waals surface area contributed by atoms with E-state index < -0.39 is 11.5 Å². The first-order valence-corrected chi connectivity index (χ1v) is 7.77. The van der Waals surface area contributed by atoms with Crippen molar-refractivity contribution in [1.82, 2.24) is 10.2 Å². The number of likely N-dealkylation sites (tertiary alicyclic amines) is 1. The molecule has 0 aromatic carbocycles. The predicted octanol–water partition coefficient (Wildman–Crippen LogP) is 2.46. The number of amides is 2. The van der Waals surface area contributed by atoms with Crippen molar-refractivity contribution in [3.63, 3.8) is 0 Å². The van der Waals surface area contributed by atoms with Crippen LogP contribution in [0.15, 0.2) is 0 Å². The molecule has 5 heteroatoms. The third-order valence-electron chi connectivity index (χ3n) is 4.90. The number of rotatable bonds is 3. The first kappa shape index (κ1) is 15.1. The molecule has 2 rings (SSSR count). The zero-order valence-electron chi connectivity index (χ0n) is 12.5. The summed E-state index contributed by atoms with van der Waals surface area (Å²) in [5, 5.41) is 12.4. The summed E-state index contributed by atoms with van der Waals surface area (Å²) < 4.78 is 0. The molecule has 0 aromatic heterocycles. The highest BCUT2D eigenvalue weighted by atomic mass is 16.4. The molecule has 5 nitrogen and oxygen atoms in total. The van der Waals surface area contributed by atoms with Gasteiger partial charge in [-0.2, -0.15) is 0 Å². The van der Waals surface area contributed by atoms with Crippen LogP contribution in [0.2, 0.25) is 0 Å². The summed E-state index contributed by atoms with van der Waals surface area (Å²) in [4.78, 5) is 25.8. The molecule has 0 aromatic rings. The highest BCUT2D eigenvalue weighted by Gasteiger charge is 2.44. The molecule has 1 heterocycles. The Bertz CT molecular complexity index is 385. The van der Waals surface area contributed by atoms with Crippen LogP contribution in [0.25, 0.3) is 0 Å². The lowest BCUT2D eigenvalue weighted by atomic mass is 9.76. The van der Waals surface area contributed by atoms with E-state index in [1.54, 1.807) is 4.90 Å². The fraction of sp³-hybridized carbons (Fsp3) is 0.867. The minimum absolute atomic E-state index is 0.197. The van der Waals surface area contributed by atoms with Gasteiger partial charge in [0.1, 0.15) is 5.54 Å². The van der Waals surface area contributed by atoms with E-state index in [2.05, 4.69) is 19.2 Å². The molecule has 0 bridgehead atoms. The van der Waals surface area contributed by atoms with E-state index in [9.17, 15) is 14.7 Å². The fourth-order valence-electron chi connectivity index (χ4n) is 3.55.